The zero-order valence-electron chi connectivity index (χ0n) is 11.1. The van der Waals surface area contributed by atoms with E-state index in [1.165, 1.54) is 0 Å². The molecule has 1 atom stereocenters. The van der Waals surface area contributed by atoms with Crippen LogP contribution < -0.4 is 10.1 Å². The number of rotatable bonds is 5. The second kappa shape index (κ2) is 6.09. The molecule has 1 amide bonds. The molecule has 1 aromatic heterocycles. The van der Waals surface area contributed by atoms with Crippen molar-refractivity contribution in [2.45, 2.75) is 26.5 Å². The van der Waals surface area contributed by atoms with E-state index >= 15 is 0 Å². The molecule has 0 saturated carbocycles. The van der Waals surface area contributed by atoms with Gasteiger partial charge in [-0.05, 0) is 43.7 Å². The van der Waals surface area contributed by atoms with Crippen LogP contribution in [0.4, 0.5) is 0 Å². The predicted molar refractivity (Wildman–Crippen MR) is 71.8 cm³/mol. The van der Waals surface area contributed by atoms with E-state index in [0.29, 0.717) is 12.3 Å². The summed E-state index contributed by atoms with van der Waals surface area (Å²) in [6, 6.07) is 11.2. The summed E-state index contributed by atoms with van der Waals surface area (Å²) in [5, 5.41) is 2.76. The maximum Gasteiger partial charge on any atom is 0.261 e. The van der Waals surface area contributed by atoms with E-state index in [-0.39, 0.29) is 5.91 Å². The number of benzene rings is 1. The van der Waals surface area contributed by atoms with Crippen LogP contribution in [0, 0.1) is 6.92 Å². The van der Waals surface area contributed by atoms with Gasteiger partial charge in [0.15, 0.2) is 6.10 Å². The Morgan fingerprint density at radius 1 is 1.37 bits per heavy atom. The molecule has 0 aliphatic rings. The minimum absolute atomic E-state index is 0.169. The molecule has 0 bridgehead atoms. The van der Waals surface area contributed by atoms with Gasteiger partial charge in [0, 0.05) is 0 Å². The number of ether oxygens (including phenoxy) is 1. The van der Waals surface area contributed by atoms with Crippen LogP contribution >= 0.6 is 0 Å². The van der Waals surface area contributed by atoms with Crippen LogP contribution in [0.3, 0.4) is 0 Å². The third kappa shape index (κ3) is 3.88. The van der Waals surface area contributed by atoms with Crippen molar-refractivity contribution in [2.24, 2.45) is 0 Å². The Labute approximate surface area is 112 Å². The molecule has 100 valence electrons. The summed E-state index contributed by atoms with van der Waals surface area (Å²) < 4.78 is 10.7. The Kier molecular flexibility index (Phi) is 4.23. The van der Waals surface area contributed by atoms with Crippen LogP contribution in [-0.2, 0) is 11.3 Å². The molecule has 19 heavy (non-hydrogen) atoms. The minimum atomic E-state index is -0.545. The predicted octanol–water partition coefficient (Wildman–Crippen LogP) is 2.67. The highest BCUT2D eigenvalue weighted by molar-refractivity contribution is 5.80. The summed E-state index contributed by atoms with van der Waals surface area (Å²) in [4.78, 5) is 11.8. The maximum atomic E-state index is 11.8. The highest BCUT2D eigenvalue weighted by Crippen LogP contribution is 2.14. The Morgan fingerprint density at radius 2 is 2.21 bits per heavy atom. The standard InChI is InChI=1S/C15H17NO3/c1-11-5-3-6-13(9-11)19-12(2)15(17)16-10-14-7-4-8-18-14/h3-9,12H,10H2,1-2H3,(H,16,17)/t12-/m0/s1. The van der Waals surface area contributed by atoms with Gasteiger partial charge in [-0.15, -0.1) is 0 Å². The normalized spacial score (nSPS) is 11.9. The highest BCUT2D eigenvalue weighted by Gasteiger charge is 2.14. The van der Waals surface area contributed by atoms with Gasteiger partial charge in [-0.1, -0.05) is 12.1 Å². The molecule has 0 fully saturated rings. The lowest BCUT2D eigenvalue weighted by atomic mass is 10.2. The molecule has 0 aliphatic carbocycles. The molecule has 2 rings (SSSR count). The number of furan rings is 1. The summed E-state index contributed by atoms with van der Waals surface area (Å²) in [6.07, 6.45) is 1.03. The molecule has 2 aromatic rings. The van der Waals surface area contributed by atoms with Crippen LogP contribution in [0.5, 0.6) is 5.75 Å². The first-order chi connectivity index (χ1) is 9.15. The van der Waals surface area contributed by atoms with Crippen molar-refractivity contribution in [3.8, 4) is 5.75 Å². The van der Waals surface area contributed by atoms with Gasteiger partial charge < -0.3 is 14.5 Å². The summed E-state index contributed by atoms with van der Waals surface area (Å²) in [7, 11) is 0. The lowest BCUT2D eigenvalue weighted by Gasteiger charge is -2.14. The molecule has 0 spiro atoms. The number of aryl methyl sites for hydroxylation is 1. The van der Waals surface area contributed by atoms with Crippen molar-refractivity contribution < 1.29 is 13.9 Å². The van der Waals surface area contributed by atoms with Gasteiger partial charge >= 0.3 is 0 Å². The second-order valence-corrected chi connectivity index (χ2v) is 4.37. The molecule has 4 heteroatoms. The van der Waals surface area contributed by atoms with Gasteiger partial charge in [0.1, 0.15) is 11.5 Å². The summed E-state index contributed by atoms with van der Waals surface area (Å²) in [5.41, 5.74) is 1.10. The topological polar surface area (TPSA) is 51.5 Å². The monoisotopic (exact) mass is 259 g/mol. The number of hydrogen-bond acceptors (Lipinski definition) is 3. The Morgan fingerprint density at radius 3 is 2.89 bits per heavy atom. The van der Waals surface area contributed by atoms with E-state index in [4.69, 9.17) is 9.15 Å². The largest absolute Gasteiger partial charge is 0.481 e. The van der Waals surface area contributed by atoms with E-state index in [1.54, 1.807) is 19.3 Å². The zero-order chi connectivity index (χ0) is 13.7. The quantitative estimate of drug-likeness (QED) is 0.898. The molecule has 0 unspecified atom stereocenters. The van der Waals surface area contributed by atoms with Gasteiger partial charge in [-0.3, -0.25) is 4.79 Å². The Hall–Kier alpha value is -2.23. The Balaban J connectivity index is 1.85. The van der Waals surface area contributed by atoms with Crippen LogP contribution in [0.1, 0.15) is 18.2 Å². The Bertz CT molecular complexity index is 534. The summed E-state index contributed by atoms with van der Waals surface area (Å²) in [5.74, 6) is 1.25. The third-order valence-electron chi connectivity index (χ3n) is 2.69. The molecule has 0 aliphatic heterocycles. The number of hydrogen-bond donors (Lipinski definition) is 1. The number of amides is 1. The molecular weight excluding hydrogens is 242 g/mol. The number of carbonyl (C=O) groups excluding carboxylic acids is 1. The van der Waals surface area contributed by atoms with Crippen LogP contribution in [0.25, 0.3) is 0 Å². The molecule has 1 heterocycles. The average Bonchev–Trinajstić information content (AvgIpc) is 2.89. The molecule has 1 N–H and O–H groups in total. The molecule has 1 aromatic carbocycles. The lowest BCUT2D eigenvalue weighted by molar-refractivity contribution is -0.127. The fourth-order valence-electron chi connectivity index (χ4n) is 1.68. The first kappa shape index (κ1) is 13.2. The summed E-state index contributed by atoms with van der Waals surface area (Å²) in [6.45, 7) is 4.07. The maximum absolute atomic E-state index is 11.8. The highest BCUT2D eigenvalue weighted by atomic mass is 16.5. The van der Waals surface area contributed by atoms with Gasteiger partial charge in [0.25, 0.3) is 5.91 Å². The minimum Gasteiger partial charge on any atom is -0.481 e. The van der Waals surface area contributed by atoms with E-state index in [0.717, 1.165) is 11.3 Å². The number of nitrogens with one attached hydrogen (secondary N) is 1. The van der Waals surface area contributed by atoms with Crippen molar-refractivity contribution in [3.63, 3.8) is 0 Å². The van der Waals surface area contributed by atoms with E-state index in [1.807, 2.05) is 37.3 Å². The van der Waals surface area contributed by atoms with Gasteiger partial charge in [0.2, 0.25) is 0 Å². The van der Waals surface area contributed by atoms with Crippen LogP contribution in [-0.4, -0.2) is 12.0 Å². The van der Waals surface area contributed by atoms with Crippen molar-refractivity contribution in [1.29, 1.82) is 0 Å². The first-order valence-electron chi connectivity index (χ1n) is 6.18. The fraction of sp³-hybridized carbons (Fsp3) is 0.267. The van der Waals surface area contributed by atoms with Gasteiger partial charge in [-0.2, -0.15) is 0 Å². The van der Waals surface area contributed by atoms with E-state index in [9.17, 15) is 4.79 Å². The molecule has 4 nitrogen and oxygen atoms in total. The third-order valence-corrected chi connectivity index (χ3v) is 2.69. The smallest absolute Gasteiger partial charge is 0.261 e. The number of carbonyl (C=O) groups is 1. The van der Waals surface area contributed by atoms with Crippen molar-refractivity contribution >= 4 is 5.91 Å². The fourth-order valence-corrected chi connectivity index (χ4v) is 1.68. The van der Waals surface area contributed by atoms with Gasteiger partial charge in [0.05, 0.1) is 12.8 Å². The van der Waals surface area contributed by atoms with Crippen molar-refractivity contribution in [1.82, 2.24) is 5.32 Å². The average molecular weight is 259 g/mol. The van der Waals surface area contributed by atoms with Crippen LogP contribution in [0.2, 0.25) is 0 Å². The van der Waals surface area contributed by atoms with E-state index in [2.05, 4.69) is 5.32 Å². The second-order valence-electron chi connectivity index (χ2n) is 4.37. The van der Waals surface area contributed by atoms with Gasteiger partial charge in [-0.25, -0.2) is 0 Å². The lowest BCUT2D eigenvalue weighted by Crippen LogP contribution is -2.35. The zero-order valence-corrected chi connectivity index (χ0v) is 11.1. The van der Waals surface area contributed by atoms with Crippen molar-refractivity contribution in [3.05, 3.63) is 54.0 Å². The SMILES string of the molecule is Cc1cccc(O[C@@H](C)C(=O)NCc2ccco2)c1. The molecule has 0 radical (unpaired) electrons. The molecule has 0 saturated heterocycles. The summed E-state index contributed by atoms with van der Waals surface area (Å²) >= 11 is 0. The van der Waals surface area contributed by atoms with E-state index < -0.39 is 6.10 Å². The molecular formula is C15H17NO3. The van der Waals surface area contributed by atoms with Crippen molar-refractivity contribution in [2.75, 3.05) is 0 Å². The first-order valence-corrected chi connectivity index (χ1v) is 6.18. The van der Waals surface area contributed by atoms with Crippen LogP contribution in [0.15, 0.2) is 47.1 Å².